The minimum absolute atomic E-state index is 0.273. The Balaban J connectivity index is 1.40. The second-order valence-electron chi connectivity index (χ2n) is 7.73. The van der Waals surface area contributed by atoms with Crippen molar-refractivity contribution in [2.45, 2.75) is 52.4 Å². The molecule has 0 bridgehead atoms. The summed E-state index contributed by atoms with van der Waals surface area (Å²) < 4.78 is 5.74. The zero-order valence-electron chi connectivity index (χ0n) is 15.9. The van der Waals surface area contributed by atoms with Crippen LogP contribution in [0.15, 0.2) is 34.7 Å². The molecule has 26 heavy (non-hydrogen) atoms. The van der Waals surface area contributed by atoms with E-state index in [1.807, 2.05) is 23.1 Å². The molecule has 140 valence electrons. The molecule has 0 spiro atoms. The van der Waals surface area contributed by atoms with Crippen LogP contribution >= 0.6 is 0 Å². The number of carbonyl (C=O) groups excluding carboxylic acids is 1. The van der Waals surface area contributed by atoms with Gasteiger partial charge < -0.3 is 9.32 Å². The van der Waals surface area contributed by atoms with E-state index in [1.54, 1.807) is 0 Å². The number of amides is 1. The van der Waals surface area contributed by atoms with Crippen LogP contribution in [-0.2, 0) is 24.1 Å². The summed E-state index contributed by atoms with van der Waals surface area (Å²) in [7, 11) is 0. The van der Waals surface area contributed by atoms with Gasteiger partial charge in [0.1, 0.15) is 0 Å². The van der Waals surface area contributed by atoms with Gasteiger partial charge in [0.15, 0.2) is 0 Å². The third-order valence-electron chi connectivity index (χ3n) is 4.89. The van der Waals surface area contributed by atoms with E-state index in [0.717, 1.165) is 51.1 Å². The number of hydrogen-bond donors (Lipinski definition) is 0. The van der Waals surface area contributed by atoms with E-state index in [0.29, 0.717) is 24.1 Å². The van der Waals surface area contributed by atoms with E-state index < -0.39 is 0 Å². The Kier molecular flexibility index (Phi) is 6.42. The van der Waals surface area contributed by atoms with E-state index in [2.05, 4.69) is 36.2 Å². The predicted molar refractivity (Wildman–Crippen MR) is 101 cm³/mol. The number of likely N-dealkylation sites (tertiary alicyclic amines) is 1. The van der Waals surface area contributed by atoms with Gasteiger partial charge in [-0.3, -0.25) is 4.79 Å². The lowest BCUT2D eigenvalue weighted by Crippen LogP contribution is -2.28. The van der Waals surface area contributed by atoms with Crippen LogP contribution in [0, 0.1) is 11.8 Å². The van der Waals surface area contributed by atoms with E-state index >= 15 is 0 Å². The standard InChI is InChI=1S/C21H29N3O2/c1-16(2)13-19-22-23-20(26-19)14-18-11-12-24(15-18)21(25)10-6-9-17-7-4-3-5-8-17/h3-5,7-8,16,18H,6,9-15H2,1-2H3. The Hall–Kier alpha value is -2.17. The van der Waals surface area contributed by atoms with Gasteiger partial charge in [0, 0.05) is 32.4 Å². The molecule has 1 atom stereocenters. The normalized spacial score (nSPS) is 17.2. The van der Waals surface area contributed by atoms with Crippen LogP contribution in [0.5, 0.6) is 0 Å². The molecule has 2 heterocycles. The van der Waals surface area contributed by atoms with Gasteiger partial charge in [-0.2, -0.15) is 0 Å². The molecule has 2 aromatic rings. The summed E-state index contributed by atoms with van der Waals surface area (Å²) in [5, 5.41) is 8.29. The van der Waals surface area contributed by atoms with Crippen molar-refractivity contribution >= 4 is 5.91 Å². The van der Waals surface area contributed by atoms with E-state index in [9.17, 15) is 4.79 Å². The lowest BCUT2D eigenvalue weighted by atomic mass is 10.1. The largest absolute Gasteiger partial charge is 0.425 e. The van der Waals surface area contributed by atoms with E-state index in [1.165, 1.54) is 5.56 Å². The molecule has 1 amide bonds. The molecule has 0 radical (unpaired) electrons. The highest BCUT2D eigenvalue weighted by Gasteiger charge is 2.27. The first-order valence-electron chi connectivity index (χ1n) is 9.73. The third kappa shape index (κ3) is 5.41. The Morgan fingerprint density at radius 3 is 2.77 bits per heavy atom. The van der Waals surface area contributed by atoms with Crippen LogP contribution in [-0.4, -0.2) is 34.1 Å². The van der Waals surface area contributed by atoms with Crippen LogP contribution in [0.1, 0.15) is 50.5 Å². The Morgan fingerprint density at radius 2 is 2.00 bits per heavy atom. The smallest absolute Gasteiger partial charge is 0.222 e. The average molecular weight is 355 g/mol. The van der Waals surface area contributed by atoms with E-state index in [-0.39, 0.29) is 5.91 Å². The van der Waals surface area contributed by atoms with Gasteiger partial charge in [-0.1, -0.05) is 44.2 Å². The SMILES string of the molecule is CC(C)Cc1nnc(CC2CCN(C(=O)CCCc3ccccc3)C2)o1. The van der Waals surface area contributed by atoms with Crippen molar-refractivity contribution in [3.8, 4) is 0 Å². The van der Waals surface area contributed by atoms with E-state index in [4.69, 9.17) is 4.42 Å². The first kappa shape index (κ1) is 18.6. The zero-order chi connectivity index (χ0) is 18.4. The molecule has 5 heteroatoms. The molecular weight excluding hydrogens is 326 g/mol. The lowest BCUT2D eigenvalue weighted by Gasteiger charge is -2.16. The van der Waals surface area contributed by atoms with Crippen molar-refractivity contribution in [1.29, 1.82) is 0 Å². The number of aromatic nitrogens is 2. The van der Waals surface area contributed by atoms with Crippen molar-refractivity contribution in [2.24, 2.45) is 11.8 Å². The van der Waals surface area contributed by atoms with Gasteiger partial charge in [0.2, 0.25) is 17.7 Å². The summed E-state index contributed by atoms with van der Waals surface area (Å²) in [4.78, 5) is 14.4. The molecule has 1 aromatic carbocycles. The quantitative estimate of drug-likeness (QED) is 0.725. The van der Waals surface area contributed by atoms with Gasteiger partial charge in [-0.25, -0.2) is 0 Å². The predicted octanol–water partition coefficient (Wildman–Crippen LogP) is 3.68. The molecule has 0 aliphatic carbocycles. The summed E-state index contributed by atoms with van der Waals surface area (Å²) in [6.45, 7) is 5.94. The molecule has 0 saturated carbocycles. The number of nitrogens with zero attached hydrogens (tertiary/aromatic N) is 3. The average Bonchev–Trinajstić information content (AvgIpc) is 3.25. The fraction of sp³-hybridized carbons (Fsp3) is 0.571. The highest BCUT2D eigenvalue weighted by Crippen LogP contribution is 2.22. The Labute approximate surface area is 155 Å². The second-order valence-corrected chi connectivity index (χ2v) is 7.73. The highest BCUT2D eigenvalue weighted by molar-refractivity contribution is 5.76. The summed E-state index contributed by atoms with van der Waals surface area (Å²) >= 11 is 0. The monoisotopic (exact) mass is 355 g/mol. The minimum Gasteiger partial charge on any atom is -0.425 e. The van der Waals surface area contributed by atoms with Crippen molar-refractivity contribution in [3.63, 3.8) is 0 Å². The summed E-state index contributed by atoms with van der Waals surface area (Å²) in [6.07, 6.45) is 5.12. The number of aryl methyl sites for hydroxylation is 1. The molecule has 1 aliphatic heterocycles. The van der Waals surface area contributed by atoms with Crippen molar-refractivity contribution in [1.82, 2.24) is 15.1 Å². The maximum Gasteiger partial charge on any atom is 0.222 e. The van der Waals surface area contributed by atoms with Gasteiger partial charge in [-0.15, -0.1) is 10.2 Å². The molecule has 1 aromatic heterocycles. The maximum absolute atomic E-state index is 12.4. The fourth-order valence-electron chi connectivity index (χ4n) is 3.52. The van der Waals surface area contributed by atoms with Crippen molar-refractivity contribution in [2.75, 3.05) is 13.1 Å². The van der Waals surface area contributed by atoms with Gasteiger partial charge >= 0.3 is 0 Å². The molecule has 1 saturated heterocycles. The molecule has 3 rings (SSSR count). The zero-order valence-corrected chi connectivity index (χ0v) is 15.9. The molecule has 1 aliphatic rings. The topological polar surface area (TPSA) is 59.2 Å². The maximum atomic E-state index is 12.4. The third-order valence-corrected chi connectivity index (χ3v) is 4.89. The number of hydrogen-bond acceptors (Lipinski definition) is 4. The lowest BCUT2D eigenvalue weighted by molar-refractivity contribution is -0.130. The van der Waals surface area contributed by atoms with Crippen molar-refractivity contribution < 1.29 is 9.21 Å². The van der Waals surface area contributed by atoms with Gasteiger partial charge in [-0.05, 0) is 36.7 Å². The highest BCUT2D eigenvalue weighted by atomic mass is 16.4. The fourth-order valence-corrected chi connectivity index (χ4v) is 3.52. The number of rotatable bonds is 8. The summed E-state index contributed by atoms with van der Waals surface area (Å²) in [5.74, 6) is 2.65. The van der Waals surface area contributed by atoms with Gasteiger partial charge in [0.25, 0.3) is 0 Å². The second kappa shape index (κ2) is 8.97. The van der Waals surface area contributed by atoms with Crippen LogP contribution in [0.25, 0.3) is 0 Å². The van der Waals surface area contributed by atoms with Crippen LogP contribution in [0.4, 0.5) is 0 Å². The molecule has 5 nitrogen and oxygen atoms in total. The molecule has 1 fully saturated rings. The van der Waals surface area contributed by atoms with Crippen LogP contribution in [0.3, 0.4) is 0 Å². The summed E-state index contributed by atoms with van der Waals surface area (Å²) in [5.41, 5.74) is 1.30. The Bertz CT molecular complexity index is 696. The molecular formula is C21H29N3O2. The number of carbonyl (C=O) groups is 1. The van der Waals surface area contributed by atoms with Gasteiger partial charge in [0.05, 0.1) is 0 Å². The van der Waals surface area contributed by atoms with Crippen LogP contribution < -0.4 is 0 Å². The molecule has 1 unspecified atom stereocenters. The first-order valence-corrected chi connectivity index (χ1v) is 9.73. The Morgan fingerprint density at radius 1 is 1.23 bits per heavy atom. The molecule has 0 N–H and O–H groups in total. The first-order chi connectivity index (χ1) is 12.6. The minimum atomic E-state index is 0.273. The van der Waals surface area contributed by atoms with Crippen LogP contribution in [0.2, 0.25) is 0 Å². The number of benzene rings is 1. The summed E-state index contributed by atoms with van der Waals surface area (Å²) in [6, 6.07) is 10.4. The van der Waals surface area contributed by atoms with Crippen molar-refractivity contribution in [3.05, 3.63) is 47.7 Å².